The van der Waals surface area contributed by atoms with Crippen LogP contribution in [0.3, 0.4) is 0 Å². The van der Waals surface area contributed by atoms with Gasteiger partial charge in [-0.25, -0.2) is 0 Å². The Kier molecular flexibility index (Phi) is 3.21. The van der Waals surface area contributed by atoms with Crippen LogP contribution in [0.5, 0.6) is 0 Å². The van der Waals surface area contributed by atoms with Crippen molar-refractivity contribution < 1.29 is 0 Å². The zero-order valence-corrected chi connectivity index (χ0v) is 13.7. The summed E-state index contributed by atoms with van der Waals surface area (Å²) in [5, 5.41) is 0. The lowest BCUT2D eigenvalue weighted by Crippen LogP contribution is -2.10. The third kappa shape index (κ3) is 2.26. The molecule has 3 heteroatoms. The monoisotopic (exact) mass is 355 g/mol. The van der Waals surface area contributed by atoms with Crippen molar-refractivity contribution in [3.05, 3.63) is 80.0 Å². The van der Waals surface area contributed by atoms with Gasteiger partial charge < -0.3 is 5.73 Å². The molecule has 21 heavy (non-hydrogen) atoms. The molecule has 1 aromatic heterocycles. The van der Waals surface area contributed by atoms with Crippen LogP contribution < -0.4 is 5.73 Å². The van der Waals surface area contributed by atoms with Gasteiger partial charge in [0.25, 0.3) is 0 Å². The van der Waals surface area contributed by atoms with Crippen molar-refractivity contribution in [1.29, 1.82) is 0 Å². The van der Waals surface area contributed by atoms with E-state index >= 15 is 0 Å². The fourth-order valence-electron chi connectivity index (χ4n) is 2.99. The summed E-state index contributed by atoms with van der Waals surface area (Å²) in [5.74, 6) is 0. The Morgan fingerprint density at radius 3 is 2.57 bits per heavy atom. The molecular weight excluding hydrogens is 342 g/mol. The van der Waals surface area contributed by atoms with Gasteiger partial charge in [0.05, 0.1) is 9.83 Å². The number of benzene rings is 2. The molecule has 4 rings (SSSR count). The fraction of sp³-hybridized carbons (Fsp3) is 0.111. The van der Waals surface area contributed by atoms with Crippen LogP contribution in [0.1, 0.15) is 27.6 Å². The maximum Gasteiger partial charge on any atom is 0.0702 e. The zero-order chi connectivity index (χ0) is 14.4. The molecule has 0 radical (unpaired) electrons. The van der Waals surface area contributed by atoms with E-state index < -0.39 is 0 Å². The smallest absolute Gasteiger partial charge is 0.0702 e. The Labute approximate surface area is 136 Å². The second-order valence-electron chi connectivity index (χ2n) is 5.37. The van der Waals surface area contributed by atoms with Crippen molar-refractivity contribution in [1.82, 2.24) is 0 Å². The van der Waals surface area contributed by atoms with Gasteiger partial charge in [-0.05, 0) is 68.4 Å². The molecule has 3 aromatic rings. The first-order valence-electron chi connectivity index (χ1n) is 6.94. The number of hydrogen-bond donors (Lipinski definition) is 1. The molecule has 1 aliphatic carbocycles. The van der Waals surface area contributed by atoms with Crippen LogP contribution in [-0.2, 0) is 6.42 Å². The highest BCUT2D eigenvalue weighted by Gasteiger charge is 2.20. The van der Waals surface area contributed by atoms with E-state index in [2.05, 4.69) is 70.5 Å². The van der Waals surface area contributed by atoms with E-state index in [1.54, 1.807) is 11.3 Å². The first-order chi connectivity index (χ1) is 10.2. The normalized spacial score (nSPS) is 13.8. The zero-order valence-electron chi connectivity index (χ0n) is 11.3. The fourth-order valence-corrected chi connectivity index (χ4v) is 4.45. The lowest BCUT2D eigenvalue weighted by atomic mass is 9.99. The maximum absolute atomic E-state index is 6.43. The standard InChI is InChI=1S/C18H14BrNS/c19-17-8-7-16(21-17)18(20)13-6-5-12-9-11-3-1-2-4-14(11)15(12)10-13/h1-8,10,18H,9,20H2. The van der Waals surface area contributed by atoms with Crippen molar-refractivity contribution in [2.75, 3.05) is 0 Å². The van der Waals surface area contributed by atoms with Gasteiger partial charge in [0, 0.05) is 4.88 Å². The van der Waals surface area contributed by atoms with Gasteiger partial charge in [-0.2, -0.15) is 0 Å². The summed E-state index contributed by atoms with van der Waals surface area (Å²) in [5.41, 5.74) is 13.1. The van der Waals surface area contributed by atoms with Gasteiger partial charge in [-0.1, -0.05) is 36.4 Å². The van der Waals surface area contributed by atoms with E-state index in [0.717, 1.165) is 10.2 Å². The molecule has 0 aliphatic heterocycles. The van der Waals surface area contributed by atoms with Crippen LogP contribution in [0.4, 0.5) is 0 Å². The highest BCUT2D eigenvalue weighted by atomic mass is 79.9. The summed E-state index contributed by atoms with van der Waals surface area (Å²) >= 11 is 5.21. The third-order valence-corrected chi connectivity index (χ3v) is 5.79. The molecule has 1 nitrogen and oxygen atoms in total. The second kappa shape index (κ2) is 5.09. The Morgan fingerprint density at radius 2 is 1.76 bits per heavy atom. The summed E-state index contributed by atoms with van der Waals surface area (Å²) in [4.78, 5) is 1.19. The van der Waals surface area contributed by atoms with Crippen molar-refractivity contribution >= 4 is 27.3 Å². The molecule has 1 unspecified atom stereocenters. The molecule has 0 saturated carbocycles. The molecule has 0 fully saturated rings. The Hall–Kier alpha value is -1.42. The number of fused-ring (bicyclic) bond motifs is 3. The molecule has 0 bridgehead atoms. The number of nitrogens with two attached hydrogens (primary N) is 1. The Bertz CT molecular complexity index is 822. The molecule has 0 spiro atoms. The summed E-state index contributed by atoms with van der Waals surface area (Å²) in [7, 11) is 0. The van der Waals surface area contributed by atoms with Gasteiger partial charge in [0.15, 0.2) is 0 Å². The Balaban J connectivity index is 1.77. The lowest BCUT2D eigenvalue weighted by molar-refractivity contribution is 0.893. The number of halogens is 1. The first kappa shape index (κ1) is 13.3. The quantitative estimate of drug-likeness (QED) is 0.529. The van der Waals surface area contributed by atoms with Crippen LogP contribution in [0.2, 0.25) is 0 Å². The van der Waals surface area contributed by atoms with Gasteiger partial charge in [0.2, 0.25) is 0 Å². The van der Waals surface area contributed by atoms with E-state index in [9.17, 15) is 0 Å². The van der Waals surface area contributed by atoms with Crippen molar-refractivity contribution in [2.45, 2.75) is 12.5 Å². The summed E-state index contributed by atoms with van der Waals surface area (Å²) in [6.07, 6.45) is 1.03. The molecule has 0 saturated heterocycles. The topological polar surface area (TPSA) is 26.0 Å². The number of hydrogen-bond acceptors (Lipinski definition) is 2. The minimum atomic E-state index is -0.0561. The minimum Gasteiger partial charge on any atom is -0.320 e. The summed E-state index contributed by atoms with van der Waals surface area (Å²) in [6.45, 7) is 0. The summed E-state index contributed by atoms with van der Waals surface area (Å²) in [6, 6.07) is 19.4. The highest BCUT2D eigenvalue weighted by Crippen LogP contribution is 2.39. The van der Waals surface area contributed by atoms with Crippen LogP contribution in [-0.4, -0.2) is 0 Å². The van der Waals surface area contributed by atoms with Gasteiger partial charge in [0.1, 0.15) is 0 Å². The predicted molar refractivity (Wildman–Crippen MR) is 92.7 cm³/mol. The van der Waals surface area contributed by atoms with Crippen LogP contribution in [0, 0.1) is 0 Å². The first-order valence-corrected chi connectivity index (χ1v) is 8.55. The van der Waals surface area contributed by atoms with Crippen LogP contribution >= 0.6 is 27.3 Å². The molecule has 104 valence electrons. The van der Waals surface area contributed by atoms with Crippen LogP contribution in [0.25, 0.3) is 11.1 Å². The molecule has 1 heterocycles. The maximum atomic E-state index is 6.43. The van der Waals surface area contributed by atoms with E-state index in [4.69, 9.17) is 5.73 Å². The van der Waals surface area contributed by atoms with E-state index in [1.165, 1.54) is 32.7 Å². The molecule has 1 aliphatic rings. The van der Waals surface area contributed by atoms with Crippen molar-refractivity contribution in [3.8, 4) is 11.1 Å². The SMILES string of the molecule is NC(c1ccc2c(c1)-c1ccccc1C2)c1ccc(Br)s1. The Morgan fingerprint density at radius 1 is 0.952 bits per heavy atom. The molecular formula is C18H14BrNS. The molecule has 1 atom stereocenters. The minimum absolute atomic E-state index is 0.0561. The number of thiophene rings is 1. The average molecular weight is 356 g/mol. The largest absolute Gasteiger partial charge is 0.320 e. The van der Waals surface area contributed by atoms with E-state index in [1.807, 2.05) is 0 Å². The molecule has 2 N–H and O–H groups in total. The average Bonchev–Trinajstić information content (AvgIpc) is 3.09. The highest BCUT2D eigenvalue weighted by molar-refractivity contribution is 9.11. The van der Waals surface area contributed by atoms with Crippen molar-refractivity contribution in [2.24, 2.45) is 5.73 Å². The van der Waals surface area contributed by atoms with E-state index in [0.29, 0.717) is 0 Å². The summed E-state index contributed by atoms with van der Waals surface area (Å²) < 4.78 is 1.12. The molecule has 0 amide bonds. The van der Waals surface area contributed by atoms with E-state index in [-0.39, 0.29) is 6.04 Å². The van der Waals surface area contributed by atoms with Crippen LogP contribution in [0.15, 0.2) is 58.4 Å². The van der Waals surface area contributed by atoms with Crippen molar-refractivity contribution in [3.63, 3.8) is 0 Å². The van der Waals surface area contributed by atoms with Gasteiger partial charge in [-0.15, -0.1) is 11.3 Å². The predicted octanol–water partition coefficient (Wildman–Crippen LogP) is 5.13. The van der Waals surface area contributed by atoms with Gasteiger partial charge in [-0.3, -0.25) is 0 Å². The van der Waals surface area contributed by atoms with Gasteiger partial charge >= 0.3 is 0 Å². The third-order valence-electron chi connectivity index (χ3n) is 4.08. The lowest BCUT2D eigenvalue weighted by Gasteiger charge is -2.12. The number of rotatable bonds is 2. The second-order valence-corrected chi connectivity index (χ2v) is 7.86. The molecule has 2 aromatic carbocycles.